The Balaban J connectivity index is 2.53. The zero-order valence-corrected chi connectivity index (χ0v) is 10.5. The van der Waals surface area contributed by atoms with Crippen LogP contribution < -0.4 is 11.1 Å². The summed E-state index contributed by atoms with van der Waals surface area (Å²) in [6.07, 6.45) is 4.03. The van der Waals surface area contributed by atoms with E-state index in [1.165, 1.54) is 7.11 Å². The van der Waals surface area contributed by atoms with Crippen LogP contribution in [0.25, 0.3) is 0 Å². The molecule has 94 valence electrons. The Morgan fingerprint density at radius 3 is 2.69 bits per heavy atom. The van der Waals surface area contributed by atoms with E-state index in [4.69, 9.17) is 10.5 Å². The second kappa shape index (κ2) is 6.21. The Hall–Kier alpha value is -0.610. The van der Waals surface area contributed by atoms with Gasteiger partial charge in [0.15, 0.2) is 0 Å². The minimum absolute atomic E-state index is 0.158. The summed E-state index contributed by atoms with van der Waals surface area (Å²) in [5, 5.41) is 3.39. The van der Waals surface area contributed by atoms with Crippen LogP contribution in [0, 0.1) is 5.92 Å². The van der Waals surface area contributed by atoms with Crippen LogP contribution in [-0.4, -0.2) is 31.2 Å². The Morgan fingerprint density at radius 2 is 2.25 bits per heavy atom. The lowest BCUT2D eigenvalue weighted by molar-refractivity contribution is -0.144. The van der Waals surface area contributed by atoms with Gasteiger partial charge in [-0.3, -0.25) is 4.79 Å². The molecular weight excluding hydrogens is 204 g/mol. The number of rotatable bonds is 5. The summed E-state index contributed by atoms with van der Waals surface area (Å²) in [5.41, 5.74) is 5.86. The molecule has 0 spiro atoms. The van der Waals surface area contributed by atoms with Crippen molar-refractivity contribution in [1.82, 2.24) is 5.32 Å². The molecule has 4 unspecified atom stereocenters. The first-order valence-corrected chi connectivity index (χ1v) is 6.17. The van der Waals surface area contributed by atoms with Gasteiger partial charge < -0.3 is 15.8 Å². The zero-order valence-electron chi connectivity index (χ0n) is 10.5. The van der Waals surface area contributed by atoms with Gasteiger partial charge in [-0.2, -0.15) is 0 Å². The minimum atomic E-state index is -0.190. The first kappa shape index (κ1) is 13.5. The van der Waals surface area contributed by atoms with Crippen LogP contribution in [0.2, 0.25) is 0 Å². The van der Waals surface area contributed by atoms with E-state index in [1.54, 1.807) is 0 Å². The SMILES string of the molecule is CCC(C)C(NC1CCC(N)C1)C(=O)OC. The molecule has 0 aromatic rings. The third-order valence-electron chi connectivity index (χ3n) is 3.56. The van der Waals surface area contributed by atoms with Crippen molar-refractivity contribution >= 4 is 5.97 Å². The van der Waals surface area contributed by atoms with E-state index in [0.29, 0.717) is 12.0 Å². The first-order valence-electron chi connectivity index (χ1n) is 6.17. The third-order valence-corrected chi connectivity index (χ3v) is 3.56. The number of carbonyl (C=O) groups is 1. The van der Waals surface area contributed by atoms with Crippen LogP contribution in [-0.2, 0) is 9.53 Å². The molecule has 0 bridgehead atoms. The maximum atomic E-state index is 11.7. The lowest BCUT2D eigenvalue weighted by Crippen LogP contribution is -2.47. The maximum Gasteiger partial charge on any atom is 0.323 e. The molecule has 0 aromatic heterocycles. The van der Waals surface area contributed by atoms with Crippen LogP contribution in [0.3, 0.4) is 0 Å². The van der Waals surface area contributed by atoms with Crippen LogP contribution >= 0.6 is 0 Å². The summed E-state index contributed by atoms with van der Waals surface area (Å²) < 4.78 is 4.84. The molecule has 4 heteroatoms. The Morgan fingerprint density at radius 1 is 1.56 bits per heavy atom. The van der Waals surface area contributed by atoms with Gasteiger partial charge >= 0.3 is 5.97 Å². The topological polar surface area (TPSA) is 64.3 Å². The molecule has 4 nitrogen and oxygen atoms in total. The largest absolute Gasteiger partial charge is 0.468 e. The number of hydrogen-bond donors (Lipinski definition) is 2. The van der Waals surface area contributed by atoms with E-state index in [0.717, 1.165) is 25.7 Å². The molecule has 0 saturated heterocycles. The molecule has 1 aliphatic rings. The van der Waals surface area contributed by atoms with Gasteiger partial charge in [0.05, 0.1) is 7.11 Å². The Labute approximate surface area is 97.9 Å². The molecule has 1 aliphatic carbocycles. The van der Waals surface area contributed by atoms with Crippen molar-refractivity contribution in [1.29, 1.82) is 0 Å². The van der Waals surface area contributed by atoms with Gasteiger partial charge in [-0.15, -0.1) is 0 Å². The predicted molar refractivity (Wildman–Crippen MR) is 64.0 cm³/mol. The second-order valence-electron chi connectivity index (χ2n) is 4.82. The third kappa shape index (κ3) is 3.46. The molecule has 4 atom stereocenters. The molecule has 0 aliphatic heterocycles. The summed E-state index contributed by atoms with van der Waals surface area (Å²) in [4.78, 5) is 11.7. The lowest BCUT2D eigenvalue weighted by Gasteiger charge is -2.25. The molecule has 16 heavy (non-hydrogen) atoms. The highest BCUT2D eigenvalue weighted by atomic mass is 16.5. The predicted octanol–water partition coefficient (Wildman–Crippen LogP) is 1.04. The highest BCUT2D eigenvalue weighted by molar-refractivity contribution is 5.76. The van der Waals surface area contributed by atoms with Crippen LogP contribution in [0.15, 0.2) is 0 Å². The summed E-state index contributed by atoms with van der Waals surface area (Å²) in [5.74, 6) is 0.138. The number of esters is 1. The van der Waals surface area contributed by atoms with Gasteiger partial charge in [-0.25, -0.2) is 0 Å². The van der Waals surface area contributed by atoms with Gasteiger partial charge in [0, 0.05) is 12.1 Å². The number of hydrogen-bond acceptors (Lipinski definition) is 4. The van der Waals surface area contributed by atoms with E-state index in [2.05, 4.69) is 19.2 Å². The van der Waals surface area contributed by atoms with E-state index in [-0.39, 0.29) is 18.1 Å². The zero-order chi connectivity index (χ0) is 12.1. The normalized spacial score (nSPS) is 28.8. The molecule has 0 heterocycles. The molecular formula is C12H24N2O2. The van der Waals surface area contributed by atoms with Gasteiger partial charge in [-0.05, 0) is 25.2 Å². The molecule has 3 N–H and O–H groups in total. The Bertz CT molecular complexity index is 233. The minimum Gasteiger partial charge on any atom is -0.468 e. The van der Waals surface area contributed by atoms with Crippen molar-refractivity contribution in [2.24, 2.45) is 11.7 Å². The molecule has 1 rings (SSSR count). The fourth-order valence-corrected chi connectivity index (χ4v) is 2.25. The van der Waals surface area contributed by atoms with Crippen molar-refractivity contribution in [2.45, 2.75) is 57.7 Å². The first-order chi connectivity index (χ1) is 7.58. The fraction of sp³-hybridized carbons (Fsp3) is 0.917. The van der Waals surface area contributed by atoms with E-state index >= 15 is 0 Å². The van der Waals surface area contributed by atoms with Gasteiger partial charge in [0.2, 0.25) is 0 Å². The number of carbonyl (C=O) groups excluding carboxylic acids is 1. The molecule has 0 amide bonds. The van der Waals surface area contributed by atoms with E-state index in [1.807, 2.05) is 0 Å². The van der Waals surface area contributed by atoms with Gasteiger partial charge in [0.25, 0.3) is 0 Å². The average molecular weight is 228 g/mol. The monoisotopic (exact) mass is 228 g/mol. The highest BCUT2D eigenvalue weighted by Gasteiger charge is 2.30. The van der Waals surface area contributed by atoms with Gasteiger partial charge in [0.1, 0.15) is 6.04 Å². The van der Waals surface area contributed by atoms with Crippen molar-refractivity contribution in [2.75, 3.05) is 7.11 Å². The van der Waals surface area contributed by atoms with Crippen molar-refractivity contribution in [3.05, 3.63) is 0 Å². The van der Waals surface area contributed by atoms with E-state index < -0.39 is 0 Å². The summed E-state index contributed by atoms with van der Waals surface area (Å²) >= 11 is 0. The lowest BCUT2D eigenvalue weighted by atomic mass is 9.98. The van der Waals surface area contributed by atoms with Crippen molar-refractivity contribution in [3.63, 3.8) is 0 Å². The quantitative estimate of drug-likeness (QED) is 0.690. The number of nitrogens with two attached hydrogens (primary N) is 1. The molecule has 0 aromatic carbocycles. The molecule has 1 fully saturated rings. The molecule has 0 radical (unpaired) electrons. The fourth-order valence-electron chi connectivity index (χ4n) is 2.25. The van der Waals surface area contributed by atoms with Gasteiger partial charge in [-0.1, -0.05) is 20.3 Å². The van der Waals surface area contributed by atoms with Crippen molar-refractivity contribution in [3.8, 4) is 0 Å². The number of ether oxygens (including phenoxy) is 1. The van der Waals surface area contributed by atoms with E-state index in [9.17, 15) is 4.79 Å². The summed E-state index contributed by atoms with van der Waals surface area (Å²) in [6, 6.07) is 0.464. The number of methoxy groups -OCH3 is 1. The Kier molecular flexibility index (Phi) is 5.22. The highest BCUT2D eigenvalue weighted by Crippen LogP contribution is 2.20. The summed E-state index contributed by atoms with van der Waals surface area (Å²) in [6.45, 7) is 4.16. The smallest absolute Gasteiger partial charge is 0.323 e. The number of nitrogens with one attached hydrogen (secondary N) is 1. The second-order valence-corrected chi connectivity index (χ2v) is 4.82. The summed E-state index contributed by atoms with van der Waals surface area (Å²) in [7, 11) is 1.44. The van der Waals surface area contributed by atoms with Crippen LogP contribution in [0.5, 0.6) is 0 Å². The standard InChI is InChI=1S/C12H24N2O2/c1-4-8(2)11(12(15)16-3)14-10-6-5-9(13)7-10/h8-11,14H,4-7,13H2,1-3H3. The average Bonchev–Trinajstić information content (AvgIpc) is 2.69. The van der Waals surface area contributed by atoms with Crippen LogP contribution in [0.1, 0.15) is 39.5 Å². The van der Waals surface area contributed by atoms with Crippen LogP contribution in [0.4, 0.5) is 0 Å². The maximum absolute atomic E-state index is 11.7. The molecule has 1 saturated carbocycles. The van der Waals surface area contributed by atoms with Crippen molar-refractivity contribution < 1.29 is 9.53 Å².